The number of carbonyl (C=O) groups is 1. The van der Waals surface area contributed by atoms with Gasteiger partial charge in [-0.15, -0.1) is 12.3 Å². The van der Waals surface area contributed by atoms with Crippen molar-refractivity contribution in [2.75, 3.05) is 6.54 Å². The van der Waals surface area contributed by atoms with Gasteiger partial charge in [-0.1, -0.05) is 44.2 Å². The van der Waals surface area contributed by atoms with E-state index in [4.69, 9.17) is 11.2 Å². The fourth-order valence-corrected chi connectivity index (χ4v) is 1.80. The van der Waals surface area contributed by atoms with Crippen LogP contribution in [0, 0.1) is 18.3 Å². The van der Waals surface area contributed by atoms with Gasteiger partial charge in [0, 0.05) is 19.0 Å². The van der Waals surface area contributed by atoms with Gasteiger partial charge < -0.3 is 10.1 Å². The summed E-state index contributed by atoms with van der Waals surface area (Å²) in [5.41, 5.74) is 1.000. The van der Waals surface area contributed by atoms with Gasteiger partial charge in [0.2, 0.25) is 0 Å². The summed E-state index contributed by atoms with van der Waals surface area (Å²) in [7, 11) is 0. The predicted molar refractivity (Wildman–Crippen MR) is 80.9 cm³/mol. The quantitative estimate of drug-likeness (QED) is 0.584. The zero-order valence-electron chi connectivity index (χ0n) is 12.3. The first-order chi connectivity index (χ1) is 9.67. The maximum absolute atomic E-state index is 11.9. The van der Waals surface area contributed by atoms with Crippen molar-refractivity contribution in [3.8, 4) is 12.3 Å². The molecule has 1 aromatic rings. The summed E-state index contributed by atoms with van der Waals surface area (Å²) in [4.78, 5) is 11.9. The molecule has 0 amide bonds. The number of rotatable bonds is 8. The highest BCUT2D eigenvalue weighted by molar-refractivity contribution is 5.72. The average molecular weight is 273 g/mol. The third kappa shape index (κ3) is 5.90. The summed E-state index contributed by atoms with van der Waals surface area (Å²) < 4.78 is 5.30. The van der Waals surface area contributed by atoms with Gasteiger partial charge in [-0.05, 0) is 12.0 Å². The number of hydrogen-bond donors (Lipinski definition) is 1. The molecule has 108 valence electrons. The van der Waals surface area contributed by atoms with Crippen molar-refractivity contribution in [1.29, 1.82) is 0 Å². The maximum atomic E-state index is 11.9. The van der Waals surface area contributed by atoms with E-state index in [0.717, 1.165) is 12.0 Å². The van der Waals surface area contributed by atoms with Crippen LogP contribution in [0.5, 0.6) is 0 Å². The van der Waals surface area contributed by atoms with Crippen molar-refractivity contribution in [2.24, 2.45) is 5.92 Å². The number of terminal acetylenes is 1. The second-order valence-corrected chi connectivity index (χ2v) is 4.92. The van der Waals surface area contributed by atoms with Crippen molar-refractivity contribution < 1.29 is 9.53 Å². The minimum Gasteiger partial charge on any atom is -0.461 e. The predicted octanol–water partition coefficient (Wildman–Crippen LogP) is 2.76. The third-order valence-electron chi connectivity index (χ3n) is 3.20. The number of carbonyl (C=O) groups excluding carboxylic acids is 1. The highest BCUT2D eigenvalue weighted by Crippen LogP contribution is 2.05. The molecule has 0 saturated carbocycles. The minimum atomic E-state index is -0.183. The number of esters is 1. The molecule has 0 aliphatic carbocycles. The second kappa shape index (κ2) is 9.17. The lowest BCUT2D eigenvalue weighted by Gasteiger charge is -2.17. The fraction of sp³-hybridized carbons (Fsp3) is 0.471. The molecule has 3 heteroatoms. The van der Waals surface area contributed by atoms with Crippen LogP contribution in [0.4, 0.5) is 0 Å². The number of ether oxygens (including phenoxy) is 1. The Morgan fingerprint density at radius 2 is 2.10 bits per heavy atom. The minimum absolute atomic E-state index is 0.175. The molecule has 0 spiro atoms. The van der Waals surface area contributed by atoms with Crippen LogP contribution < -0.4 is 5.32 Å². The van der Waals surface area contributed by atoms with E-state index in [0.29, 0.717) is 19.6 Å². The molecule has 20 heavy (non-hydrogen) atoms. The van der Waals surface area contributed by atoms with Crippen LogP contribution in [0.25, 0.3) is 0 Å². The van der Waals surface area contributed by atoms with Gasteiger partial charge in [-0.3, -0.25) is 4.79 Å². The van der Waals surface area contributed by atoms with E-state index < -0.39 is 0 Å². The molecule has 1 aromatic carbocycles. The van der Waals surface area contributed by atoms with Gasteiger partial charge in [-0.2, -0.15) is 0 Å². The molecule has 0 fully saturated rings. The largest absolute Gasteiger partial charge is 0.461 e. The molecule has 0 radical (unpaired) electrons. The maximum Gasteiger partial charge on any atom is 0.310 e. The topological polar surface area (TPSA) is 38.3 Å². The van der Waals surface area contributed by atoms with Crippen molar-refractivity contribution in [1.82, 2.24) is 5.32 Å². The lowest BCUT2D eigenvalue weighted by molar-refractivity contribution is -0.149. The Hall–Kier alpha value is -1.79. The SMILES string of the molecule is C#CCC(CC)NCC(C)C(=O)OCc1ccccc1. The normalized spacial score (nSPS) is 13.2. The van der Waals surface area contributed by atoms with Crippen molar-refractivity contribution in [2.45, 2.75) is 39.3 Å². The molecule has 1 rings (SSSR count). The molecule has 0 bridgehead atoms. The van der Waals surface area contributed by atoms with Crippen LogP contribution in [-0.4, -0.2) is 18.6 Å². The van der Waals surface area contributed by atoms with Gasteiger partial charge in [0.25, 0.3) is 0 Å². The Labute approximate surface area is 121 Å². The zero-order valence-corrected chi connectivity index (χ0v) is 12.3. The number of hydrogen-bond acceptors (Lipinski definition) is 3. The average Bonchev–Trinajstić information content (AvgIpc) is 2.49. The van der Waals surface area contributed by atoms with E-state index in [9.17, 15) is 4.79 Å². The Morgan fingerprint density at radius 3 is 2.70 bits per heavy atom. The molecule has 2 unspecified atom stereocenters. The summed E-state index contributed by atoms with van der Waals surface area (Å²) in [6.07, 6.45) is 6.94. The molecule has 3 nitrogen and oxygen atoms in total. The molecule has 0 aliphatic heterocycles. The van der Waals surface area contributed by atoms with E-state index in [1.54, 1.807) is 0 Å². The second-order valence-electron chi connectivity index (χ2n) is 4.92. The van der Waals surface area contributed by atoms with Crippen molar-refractivity contribution >= 4 is 5.97 Å². The van der Waals surface area contributed by atoms with Crippen molar-refractivity contribution in [3.63, 3.8) is 0 Å². The molecule has 0 heterocycles. The molecule has 0 aliphatic rings. The first-order valence-corrected chi connectivity index (χ1v) is 7.04. The highest BCUT2D eigenvalue weighted by atomic mass is 16.5. The van der Waals surface area contributed by atoms with Crippen LogP contribution in [0.15, 0.2) is 30.3 Å². The van der Waals surface area contributed by atoms with Gasteiger partial charge in [0.1, 0.15) is 6.61 Å². The van der Waals surface area contributed by atoms with E-state index in [2.05, 4.69) is 18.2 Å². The van der Waals surface area contributed by atoms with E-state index in [1.165, 1.54) is 0 Å². The lowest BCUT2D eigenvalue weighted by Crippen LogP contribution is -2.35. The fourth-order valence-electron chi connectivity index (χ4n) is 1.80. The summed E-state index contributed by atoms with van der Waals surface area (Å²) in [5.74, 6) is 2.28. The van der Waals surface area contributed by atoms with Crippen LogP contribution >= 0.6 is 0 Å². The molecule has 0 aromatic heterocycles. The number of benzene rings is 1. The van der Waals surface area contributed by atoms with Gasteiger partial charge in [0.05, 0.1) is 5.92 Å². The number of nitrogens with one attached hydrogen (secondary N) is 1. The lowest BCUT2D eigenvalue weighted by atomic mass is 10.1. The molecular formula is C17H23NO2. The monoisotopic (exact) mass is 273 g/mol. The Bertz CT molecular complexity index is 436. The first-order valence-electron chi connectivity index (χ1n) is 7.04. The van der Waals surface area contributed by atoms with E-state index in [1.807, 2.05) is 37.3 Å². The van der Waals surface area contributed by atoms with Crippen LogP contribution in [0.1, 0.15) is 32.3 Å². The molecular weight excluding hydrogens is 250 g/mol. The van der Waals surface area contributed by atoms with Gasteiger partial charge in [0.15, 0.2) is 0 Å². The summed E-state index contributed by atoms with van der Waals surface area (Å²) in [6, 6.07) is 9.95. The first kappa shape index (κ1) is 16.3. The van der Waals surface area contributed by atoms with E-state index >= 15 is 0 Å². The molecule has 2 atom stereocenters. The van der Waals surface area contributed by atoms with Crippen LogP contribution in [0.2, 0.25) is 0 Å². The zero-order chi connectivity index (χ0) is 14.8. The van der Waals surface area contributed by atoms with Gasteiger partial charge in [-0.25, -0.2) is 0 Å². The summed E-state index contributed by atoms with van der Waals surface area (Å²) >= 11 is 0. The van der Waals surface area contributed by atoms with Crippen LogP contribution in [0.3, 0.4) is 0 Å². The molecule has 1 N–H and O–H groups in total. The van der Waals surface area contributed by atoms with E-state index in [-0.39, 0.29) is 17.9 Å². The Balaban J connectivity index is 2.30. The van der Waals surface area contributed by atoms with Crippen molar-refractivity contribution in [3.05, 3.63) is 35.9 Å². The highest BCUT2D eigenvalue weighted by Gasteiger charge is 2.15. The summed E-state index contributed by atoms with van der Waals surface area (Å²) in [5, 5.41) is 3.31. The van der Waals surface area contributed by atoms with Crippen LogP contribution in [-0.2, 0) is 16.1 Å². The third-order valence-corrected chi connectivity index (χ3v) is 3.20. The Kier molecular flexibility index (Phi) is 7.46. The van der Waals surface area contributed by atoms with Gasteiger partial charge >= 0.3 is 5.97 Å². The standard InChI is InChI=1S/C17H23NO2/c1-4-9-16(5-2)18-12-14(3)17(19)20-13-15-10-7-6-8-11-15/h1,6-8,10-11,14,16,18H,5,9,12-13H2,2-3H3. The summed E-state index contributed by atoms with van der Waals surface area (Å²) in [6.45, 7) is 4.86. The molecule has 0 saturated heterocycles. The smallest absolute Gasteiger partial charge is 0.310 e. The Morgan fingerprint density at radius 1 is 1.40 bits per heavy atom.